The molecule has 0 aromatic carbocycles. The zero-order valence-corrected chi connectivity index (χ0v) is 20.4. The molecule has 2 aliphatic heterocycles. The summed E-state index contributed by atoms with van der Waals surface area (Å²) in [6.45, 7) is 4.55. The molecule has 2 aliphatic rings. The molecule has 4 rings (SSSR count). The second-order valence-electron chi connectivity index (χ2n) is 8.85. The average molecular weight is 491 g/mol. The molecule has 8 nitrogen and oxygen atoms in total. The molecular formula is C23H30N4O4S2. The zero-order valence-electron chi connectivity index (χ0n) is 18.8. The first-order valence-electron chi connectivity index (χ1n) is 11.4. The molecule has 2 fully saturated rings. The van der Waals surface area contributed by atoms with Crippen LogP contribution in [0.15, 0.2) is 40.1 Å². The lowest BCUT2D eigenvalue weighted by Crippen LogP contribution is -2.42. The molecule has 0 saturated carbocycles. The SMILES string of the molecule is CC1CCN(C(=O)c2csc(S(=O)(=O)N3CCC(C(=O)NCc4ccccn4)CC3)c2)CC1. The minimum Gasteiger partial charge on any atom is -0.350 e. The smallest absolute Gasteiger partial charge is 0.254 e. The number of carbonyl (C=O) groups is 2. The normalized spacial score (nSPS) is 18.9. The van der Waals surface area contributed by atoms with Crippen LogP contribution in [0.3, 0.4) is 0 Å². The van der Waals surface area contributed by atoms with Gasteiger partial charge in [-0.2, -0.15) is 4.31 Å². The van der Waals surface area contributed by atoms with Gasteiger partial charge in [0, 0.05) is 43.7 Å². The van der Waals surface area contributed by atoms with Crippen LogP contribution >= 0.6 is 11.3 Å². The van der Waals surface area contributed by atoms with Crippen molar-refractivity contribution in [3.8, 4) is 0 Å². The van der Waals surface area contributed by atoms with E-state index in [1.807, 2.05) is 23.1 Å². The van der Waals surface area contributed by atoms with Gasteiger partial charge in [-0.05, 0) is 49.8 Å². The fourth-order valence-corrected chi connectivity index (χ4v) is 7.04. The first-order valence-corrected chi connectivity index (χ1v) is 13.7. The van der Waals surface area contributed by atoms with E-state index >= 15 is 0 Å². The summed E-state index contributed by atoms with van der Waals surface area (Å²) in [5.74, 6) is 0.232. The maximum atomic E-state index is 13.1. The van der Waals surface area contributed by atoms with Crippen molar-refractivity contribution in [2.75, 3.05) is 26.2 Å². The van der Waals surface area contributed by atoms with Crippen LogP contribution in [0.2, 0.25) is 0 Å². The largest absolute Gasteiger partial charge is 0.350 e. The van der Waals surface area contributed by atoms with Gasteiger partial charge in [0.15, 0.2) is 0 Å². The van der Waals surface area contributed by atoms with E-state index in [0.717, 1.165) is 29.9 Å². The number of aromatic nitrogens is 1. The molecule has 0 radical (unpaired) electrons. The summed E-state index contributed by atoms with van der Waals surface area (Å²) in [5.41, 5.74) is 1.23. The van der Waals surface area contributed by atoms with E-state index in [1.54, 1.807) is 11.6 Å². The second kappa shape index (κ2) is 10.3. The van der Waals surface area contributed by atoms with Crippen LogP contribution < -0.4 is 5.32 Å². The Hall–Kier alpha value is -2.30. The van der Waals surface area contributed by atoms with Gasteiger partial charge in [-0.15, -0.1) is 11.3 Å². The standard InChI is InChI=1S/C23H30N4O4S2/c1-17-5-10-26(11-6-17)23(29)19-14-21(32-16-19)33(30,31)27-12-7-18(8-13-27)22(28)25-15-20-4-2-3-9-24-20/h2-4,9,14,16-18H,5-8,10-13,15H2,1H3,(H,25,28). The van der Waals surface area contributed by atoms with E-state index in [2.05, 4.69) is 17.2 Å². The average Bonchev–Trinajstić information content (AvgIpc) is 3.35. The van der Waals surface area contributed by atoms with E-state index in [4.69, 9.17) is 0 Å². The van der Waals surface area contributed by atoms with E-state index in [0.29, 0.717) is 44.0 Å². The van der Waals surface area contributed by atoms with Crippen LogP contribution in [0.5, 0.6) is 0 Å². The predicted molar refractivity (Wildman–Crippen MR) is 126 cm³/mol. The number of hydrogen-bond acceptors (Lipinski definition) is 6. The van der Waals surface area contributed by atoms with Crippen LogP contribution in [0, 0.1) is 11.8 Å². The van der Waals surface area contributed by atoms with Crippen LogP contribution in [0.1, 0.15) is 48.7 Å². The summed E-state index contributed by atoms with van der Waals surface area (Å²) in [4.78, 5) is 31.3. The van der Waals surface area contributed by atoms with Gasteiger partial charge in [0.1, 0.15) is 4.21 Å². The summed E-state index contributed by atoms with van der Waals surface area (Å²) in [5, 5.41) is 4.54. The number of amides is 2. The Balaban J connectivity index is 1.31. The van der Waals surface area contributed by atoms with Crippen LogP contribution in [0.4, 0.5) is 0 Å². The van der Waals surface area contributed by atoms with Gasteiger partial charge in [-0.25, -0.2) is 8.42 Å². The van der Waals surface area contributed by atoms with Gasteiger partial charge >= 0.3 is 0 Å². The molecule has 0 aliphatic carbocycles. The third-order valence-corrected chi connectivity index (χ3v) is 9.80. The van der Waals surface area contributed by atoms with Gasteiger partial charge < -0.3 is 10.2 Å². The third kappa shape index (κ3) is 5.62. The van der Waals surface area contributed by atoms with Crippen molar-refractivity contribution in [1.82, 2.24) is 19.5 Å². The summed E-state index contributed by atoms with van der Waals surface area (Å²) in [7, 11) is -3.68. The van der Waals surface area contributed by atoms with Crippen molar-refractivity contribution in [3.63, 3.8) is 0 Å². The summed E-state index contributed by atoms with van der Waals surface area (Å²) < 4.78 is 27.9. The minimum absolute atomic E-state index is 0.0717. The number of rotatable bonds is 6. The second-order valence-corrected chi connectivity index (χ2v) is 11.9. The molecule has 0 unspecified atom stereocenters. The number of hydrogen-bond donors (Lipinski definition) is 1. The van der Waals surface area contributed by atoms with E-state index < -0.39 is 10.0 Å². The van der Waals surface area contributed by atoms with E-state index in [9.17, 15) is 18.0 Å². The number of thiophene rings is 1. The molecule has 0 bridgehead atoms. The van der Waals surface area contributed by atoms with Crippen molar-refractivity contribution in [1.29, 1.82) is 0 Å². The Kier molecular flexibility index (Phi) is 7.45. The fraction of sp³-hybridized carbons (Fsp3) is 0.522. The first-order chi connectivity index (χ1) is 15.8. The van der Waals surface area contributed by atoms with Gasteiger partial charge in [-0.3, -0.25) is 14.6 Å². The summed E-state index contributed by atoms with van der Waals surface area (Å²) >= 11 is 1.09. The minimum atomic E-state index is -3.68. The lowest BCUT2D eigenvalue weighted by Gasteiger charge is -2.30. The fourth-order valence-electron chi connectivity index (χ4n) is 4.27. The summed E-state index contributed by atoms with van der Waals surface area (Å²) in [6.07, 6.45) is 4.57. The number of sulfonamides is 1. The predicted octanol–water partition coefficient (Wildman–Crippen LogP) is 2.73. The third-order valence-electron chi connectivity index (χ3n) is 6.48. The van der Waals surface area contributed by atoms with Crippen LogP contribution in [-0.2, 0) is 21.4 Å². The molecular weight excluding hydrogens is 460 g/mol. The van der Waals surface area contributed by atoms with Crippen molar-refractivity contribution < 1.29 is 18.0 Å². The van der Waals surface area contributed by atoms with Gasteiger partial charge in [0.05, 0.1) is 17.8 Å². The monoisotopic (exact) mass is 490 g/mol. The maximum Gasteiger partial charge on any atom is 0.254 e. The molecule has 2 amide bonds. The molecule has 2 aromatic rings. The van der Waals surface area contributed by atoms with E-state index in [1.165, 1.54) is 10.4 Å². The highest BCUT2D eigenvalue weighted by Gasteiger charge is 2.33. The Bertz CT molecular complexity index is 1070. The number of nitrogens with one attached hydrogen (secondary N) is 1. The molecule has 4 heterocycles. The molecule has 1 N–H and O–H groups in total. The highest BCUT2D eigenvalue weighted by Crippen LogP contribution is 2.29. The quantitative estimate of drug-likeness (QED) is 0.671. The van der Waals surface area contributed by atoms with Crippen LogP contribution in [-0.4, -0.2) is 60.6 Å². The van der Waals surface area contributed by atoms with E-state index in [-0.39, 0.29) is 35.0 Å². The van der Waals surface area contributed by atoms with Crippen molar-refractivity contribution in [2.45, 2.75) is 43.4 Å². The number of likely N-dealkylation sites (tertiary alicyclic amines) is 1. The highest BCUT2D eigenvalue weighted by atomic mass is 32.2. The Labute approximate surface area is 199 Å². The Morgan fingerprint density at radius 1 is 1.12 bits per heavy atom. The molecule has 0 spiro atoms. The van der Waals surface area contributed by atoms with Crippen molar-refractivity contribution in [2.24, 2.45) is 11.8 Å². The number of piperidine rings is 2. The molecule has 2 saturated heterocycles. The number of carbonyl (C=O) groups excluding carboxylic acids is 2. The number of pyridine rings is 1. The zero-order chi connectivity index (χ0) is 23.4. The van der Waals surface area contributed by atoms with Crippen molar-refractivity contribution >= 4 is 33.2 Å². The first kappa shape index (κ1) is 23.8. The Morgan fingerprint density at radius 3 is 2.52 bits per heavy atom. The molecule has 0 atom stereocenters. The molecule has 33 heavy (non-hydrogen) atoms. The molecule has 10 heteroatoms. The molecule has 2 aromatic heterocycles. The van der Waals surface area contributed by atoms with Crippen LogP contribution in [0.25, 0.3) is 0 Å². The number of nitrogens with zero attached hydrogens (tertiary/aromatic N) is 3. The van der Waals surface area contributed by atoms with Crippen molar-refractivity contribution in [3.05, 3.63) is 47.1 Å². The molecule has 178 valence electrons. The van der Waals surface area contributed by atoms with Gasteiger partial charge in [-0.1, -0.05) is 13.0 Å². The lowest BCUT2D eigenvalue weighted by atomic mass is 9.97. The van der Waals surface area contributed by atoms with Gasteiger partial charge in [0.25, 0.3) is 15.9 Å². The maximum absolute atomic E-state index is 13.1. The highest BCUT2D eigenvalue weighted by molar-refractivity contribution is 7.91. The summed E-state index contributed by atoms with van der Waals surface area (Å²) in [6, 6.07) is 7.05. The van der Waals surface area contributed by atoms with Gasteiger partial charge in [0.2, 0.25) is 5.91 Å². The lowest BCUT2D eigenvalue weighted by molar-refractivity contribution is -0.126. The Morgan fingerprint density at radius 2 is 1.85 bits per heavy atom. The topological polar surface area (TPSA) is 99.7 Å².